The maximum absolute atomic E-state index is 13.1. The molecule has 1 aliphatic carbocycles. The van der Waals surface area contributed by atoms with Gasteiger partial charge in [-0.2, -0.15) is 0 Å². The first-order valence-electron chi connectivity index (χ1n) is 8.55. The SMILES string of the molecule is O=C(c1cc2ccccc2o1)N(C1CCCC1)C1CCS(=O)(=O)C1. The molecule has 2 aromatic rings. The Hall–Kier alpha value is -1.82. The summed E-state index contributed by atoms with van der Waals surface area (Å²) in [4.78, 5) is 15.0. The minimum absolute atomic E-state index is 0.0788. The first-order valence-corrected chi connectivity index (χ1v) is 10.4. The van der Waals surface area contributed by atoms with Crippen LogP contribution in [0.3, 0.4) is 0 Å². The number of para-hydroxylation sites is 1. The molecule has 0 spiro atoms. The molecule has 4 rings (SSSR count). The molecule has 5 nitrogen and oxygen atoms in total. The third kappa shape index (κ3) is 2.83. The number of sulfone groups is 1. The average Bonchev–Trinajstić information content (AvgIpc) is 3.27. The van der Waals surface area contributed by atoms with Gasteiger partial charge in [0.25, 0.3) is 5.91 Å². The molecule has 1 saturated carbocycles. The highest BCUT2D eigenvalue weighted by Gasteiger charge is 2.40. The van der Waals surface area contributed by atoms with E-state index in [4.69, 9.17) is 4.42 Å². The summed E-state index contributed by atoms with van der Waals surface area (Å²) in [6, 6.07) is 9.20. The van der Waals surface area contributed by atoms with E-state index in [2.05, 4.69) is 0 Å². The van der Waals surface area contributed by atoms with Gasteiger partial charge in [-0.15, -0.1) is 0 Å². The zero-order chi connectivity index (χ0) is 16.7. The Morgan fingerprint density at radius 3 is 2.50 bits per heavy atom. The number of furan rings is 1. The van der Waals surface area contributed by atoms with Crippen molar-refractivity contribution in [1.29, 1.82) is 0 Å². The fourth-order valence-corrected chi connectivity index (χ4v) is 5.73. The third-order valence-electron chi connectivity index (χ3n) is 5.19. The van der Waals surface area contributed by atoms with Gasteiger partial charge in [-0.05, 0) is 31.4 Å². The predicted molar refractivity (Wildman–Crippen MR) is 91.7 cm³/mol. The largest absolute Gasteiger partial charge is 0.451 e. The second-order valence-corrected chi connectivity index (χ2v) is 9.08. The first-order chi connectivity index (χ1) is 11.5. The lowest BCUT2D eigenvalue weighted by atomic mass is 10.1. The van der Waals surface area contributed by atoms with Gasteiger partial charge in [0.1, 0.15) is 5.58 Å². The van der Waals surface area contributed by atoms with Crippen LogP contribution in [0.2, 0.25) is 0 Å². The molecular formula is C18H21NO4S. The van der Waals surface area contributed by atoms with Crippen molar-refractivity contribution in [2.45, 2.75) is 44.2 Å². The fraction of sp³-hybridized carbons (Fsp3) is 0.500. The summed E-state index contributed by atoms with van der Waals surface area (Å²) in [5, 5.41) is 0.895. The molecule has 0 radical (unpaired) electrons. The van der Waals surface area contributed by atoms with Crippen molar-refractivity contribution in [3.8, 4) is 0 Å². The van der Waals surface area contributed by atoms with Gasteiger partial charge in [-0.25, -0.2) is 8.42 Å². The smallest absolute Gasteiger partial charge is 0.290 e. The van der Waals surface area contributed by atoms with E-state index in [1.54, 1.807) is 6.07 Å². The van der Waals surface area contributed by atoms with Crippen molar-refractivity contribution in [3.05, 3.63) is 36.1 Å². The number of carbonyl (C=O) groups excluding carboxylic acids is 1. The van der Waals surface area contributed by atoms with Crippen LogP contribution in [0.25, 0.3) is 11.0 Å². The third-order valence-corrected chi connectivity index (χ3v) is 6.94. The van der Waals surface area contributed by atoms with Crippen molar-refractivity contribution in [2.24, 2.45) is 0 Å². The maximum atomic E-state index is 13.1. The fourth-order valence-electron chi connectivity index (χ4n) is 4.02. The van der Waals surface area contributed by atoms with Crippen LogP contribution in [0.4, 0.5) is 0 Å². The standard InChI is InChI=1S/C18H21NO4S/c20-18(17-11-13-5-1-4-8-16(13)23-17)19(14-6-2-3-7-14)15-9-10-24(21,22)12-15/h1,4-5,8,11,14-15H,2-3,6-7,9-10,12H2. The van der Waals surface area contributed by atoms with Crippen molar-refractivity contribution >= 4 is 26.7 Å². The van der Waals surface area contributed by atoms with Crippen LogP contribution >= 0.6 is 0 Å². The molecule has 1 amide bonds. The van der Waals surface area contributed by atoms with E-state index in [1.165, 1.54) is 0 Å². The molecule has 2 heterocycles. The Kier molecular flexibility index (Phi) is 3.87. The topological polar surface area (TPSA) is 67.6 Å². The van der Waals surface area contributed by atoms with Gasteiger partial charge in [-0.1, -0.05) is 31.0 Å². The summed E-state index contributed by atoms with van der Waals surface area (Å²) in [6.45, 7) is 0. The van der Waals surface area contributed by atoms with E-state index in [9.17, 15) is 13.2 Å². The minimum atomic E-state index is -3.03. The summed E-state index contributed by atoms with van der Waals surface area (Å²) in [7, 11) is -3.03. The molecule has 0 bridgehead atoms. The molecule has 1 aromatic carbocycles. The molecule has 2 aliphatic rings. The van der Waals surface area contributed by atoms with Crippen LogP contribution in [0.5, 0.6) is 0 Å². The van der Waals surface area contributed by atoms with E-state index in [0.717, 1.165) is 31.1 Å². The van der Waals surface area contributed by atoms with Gasteiger partial charge in [0.2, 0.25) is 0 Å². The molecule has 1 aliphatic heterocycles. The van der Waals surface area contributed by atoms with E-state index in [-0.39, 0.29) is 29.5 Å². The van der Waals surface area contributed by atoms with Gasteiger partial charge in [0.15, 0.2) is 15.6 Å². The van der Waals surface area contributed by atoms with E-state index in [1.807, 2.05) is 29.2 Å². The first kappa shape index (κ1) is 15.7. The summed E-state index contributed by atoms with van der Waals surface area (Å²) >= 11 is 0. The van der Waals surface area contributed by atoms with E-state index < -0.39 is 9.84 Å². The van der Waals surface area contributed by atoms with Gasteiger partial charge in [-0.3, -0.25) is 4.79 Å². The van der Waals surface area contributed by atoms with Crippen LogP contribution in [0, 0.1) is 0 Å². The van der Waals surface area contributed by atoms with Crippen LogP contribution in [-0.4, -0.2) is 42.8 Å². The van der Waals surface area contributed by atoms with Crippen molar-refractivity contribution in [3.63, 3.8) is 0 Å². The second kappa shape index (κ2) is 5.92. The molecule has 6 heteroatoms. The van der Waals surface area contributed by atoms with Gasteiger partial charge >= 0.3 is 0 Å². The van der Waals surface area contributed by atoms with Crippen molar-refractivity contribution in [1.82, 2.24) is 4.90 Å². The zero-order valence-corrected chi connectivity index (χ0v) is 14.3. The van der Waals surface area contributed by atoms with Crippen LogP contribution in [0.15, 0.2) is 34.7 Å². The number of rotatable bonds is 3. The monoisotopic (exact) mass is 347 g/mol. The average molecular weight is 347 g/mol. The van der Waals surface area contributed by atoms with E-state index in [0.29, 0.717) is 17.8 Å². The van der Waals surface area contributed by atoms with Crippen LogP contribution in [0.1, 0.15) is 42.7 Å². The molecule has 128 valence electrons. The van der Waals surface area contributed by atoms with Crippen LogP contribution < -0.4 is 0 Å². The number of hydrogen-bond acceptors (Lipinski definition) is 4. The molecule has 0 N–H and O–H groups in total. The minimum Gasteiger partial charge on any atom is -0.451 e. The Bertz CT molecular complexity index is 831. The number of benzene rings is 1. The van der Waals surface area contributed by atoms with Gasteiger partial charge in [0.05, 0.1) is 11.5 Å². The number of nitrogens with zero attached hydrogens (tertiary/aromatic N) is 1. The summed E-state index contributed by atoms with van der Waals surface area (Å²) < 4.78 is 29.5. The Morgan fingerprint density at radius 1 is 1.08 bits per heavy atom. The van der Waals surface area contributed by atoms with Crippen molar-refractivity contribution in [2.75, 3.05) is 11.5 Å². The Balaban J connectivity index is 1.68. The molecule has 1 atom stereocenters. The molecule has 1 unspecified atom stereocenters. The molecule has 1 aromatic heterocycles. The number of carbonyl (C=O) groups is 1. The molecule has 24 heavy (non-hydrogen) atoms. The quantitative estimate of drug-likeness (QED) is 0.856. The van der Waals surface area contributed by atoms with Gasteiger partial charge < -0.3 is 9.32 Å². The maximum Gasteiger partial charge on any atom is 0.290 e. The number of hydrogen-bond donors (Lipinski definition) is 0. The summed E-state index contributed by atoms with van der Waals surface area (Å²) in [5.41, 5.74) is 0.686. The summed E-state index contributed by atoms with van der Waals surface area (Å²) in [5.74, 6) is 0.400. The lowest BCUT2D eigenvalue weighted by molar-refractivity contribution is 0.0571. The molecule has 1 saturated heterocycles. The second-order valence-electron chi connectivity index (χ2n) is 6.86. The number of fused-ring (bicyclic) bond motifs is 1. The zero-order valence-electron chi connectivity index (χ0n) is 13.5. The lowest BCUT2D eigenvalue weighted by Gasteiger charge is -2.33. The molecular weight excluding hydrogens is 326 g/mol. The highest BCUT2D eigenvalue weighted by atomic mass is 32.2. The Labute approximate surface area is 141 Å². The van der Waals surface area contributed by atoms with E-state index >= 15 is 0 Å². The lowest BCUT2D eigenvalue weighted by Crippen LogP contribution is -2.46. The Morgan fingerprint density at radius 2 is 1.83 bits per heavy atom. The highest BCUT2D eigenvalue weighted by molar-refractivity contribution is 7.91. The highest BCUT2D eigenvalue weighted by Crippen LogP contribution is 2.31. The summed E-state index contributed by atoms with van der Waals surface area (Å²) in [6.07, 6.45) is 4.61. The van der Waals surface area contributed by atoms with Gasteiger partial charge in [0, 0.05) is 17.5 Å². The molecule has 2 fully saturated rings. The van der Waals surface area contributed by atoms with Crippen LogP contribution in [-0.2, 0) is 9.84 Å². The normalized spacial score (nSPS) is 23.8. The number of amides is 1. The predicted octanol–water partition coefficient (Wildman–Crippen LogP) is 3.00. The van der Waals surface area contributed by atoms with Crippen molar-refractivity contribution < 1.29 is 17.6 Å².